The Labute approximate surface area is 193 Å². The Bertz CT molecular complexity index is 1400. The minimum Gasteiger partial charge on any atom is -0.382 e. The Morgan fingerprint density at radius 1 is 0.818 bits per heavy atom. The summed E-state index contributed by atoms with van der Waals surface area (Å²) in [4.78, 5) is 8.01. The van der Waals surface area contributed by atoms with E-state index in [1.54, 1.807) is 17.5 Å². The molecule has 0 radical (unpaired) electrons. The predicted octanol–water partition coefficient (Wildman–Crippen LogP) is 5.33. The van der Waals surface area contributed by atoms with Crippen LogP contribution in [0.2, 0.25) is 0 Å². The zero-order chi connectivity index (χ0) is 23.3. The Morgan fingerprint density at radius 3 is 2.00 bits per heavy atom. The van der Waals surface area contributed by atoms with E-state index in [2.05, 4.69) is 35.1 Å². The Balaban J connectivity index is 1.52. The number of pyridine rings is 1. The van der Waals surface area contributed by atoms with Gasteiger partial charge in [0, 0.05) is 17.6 Å². The first-order valence-electron chi connectivity index (χ1n) is 9.37. The third-order valence-electron chi connectivity index (χ3n) is 4.14. The molecule has 0 aliphatic carbocycles. The summed E-state index contributed by atoms with van der Waals surface area (Å²) in [5, 5.41) is 18.4. The molecule has 0 atom stereocenters. The number of nitrogens with two attached hydrogens (primary N) is 2. The summed E-state index contributed by atoms with van der Waals surface area (Å²) in [6.07, 6.45) is 1.51. The second-order valence-corrected chi connectivity index (χ2v) is 9.05. The molecule has 166 valence electrons. The van der Waals surface area contributed by atoms with Crippen LogP contribution in [0.5, 0.6) is 0 Å². The first kappa shape index (κ1) is 22.0. The van der Waals surface area contributed by atoms with Gasteiger partial charge in [-0.3, -0.25) is 4.72 Å². The van der Waals surface area contributed by atoms with Crippen LogP contribution in [-0.4, -0.2) is 18.4 Å². The van der Waals surface area contributed by atoms with E-state index in [4.69, 9.17) is 11.5 Å². The van der Waals surface area contributed by atoms with Crippen LogP contribution in [0, 0.1) is 0 Å². The van der Waals surface area contributed by atoms with Gasteiger partial charge in [-0.1, -0.05) is 18.2 Å². The lowest BCUT2D eigenvalue weighted by Gasteiger charge is -2.05. The second kappa shape index (κ2) is 9.50. The Hall–Kier alpha value is -4.23. The number of nitrogens with zero attached hydrogens (tertiary/aromatic N) is 6. The van der Waals surface area contributed by atoms with Gasteiger partial charge < -0.3 is 11.5 Å². The van der Waals surface area contributed by atoms with E-state index in [0.29, 0.717) is 11.4 Å². The molecule has 0 saturated heterocycles. The number of nitrogens with one attached hydrogen (secondary N) is 1. The summed E-state index contributed by atoms with van der Waals surface area (Å²) in [7, 11) is -3.75. The largest absolute Gasteiger partial charge is 0.382 e. The summed E-state index contributed by atoms with van der Waals surface area (Å²) in [6, 6.07) is 16.5. The van der Waals surface area contributed by atoms with Gasteiger partial charge in [0.05, 0.1) is 16.3 Å². The van der Waals surface area contributed by atoms with E-state index >= 15 is 0 Å². The highest BCUT2D eigenvalue weighted by Gasteiger charge is 2.15. The number of hydrogen-bond donors (Lipinski definition) is 3. The zero-order valence-corrected chi connectivity index (χ0v) is 18.5. The van der Waals surface area contributed by atoms with Gasteiger partial charge in [-0.15, -0.1) is 21.6 Å². The fraction of sp³-hybridized carbons (Fsp3) is 0. The number of aromatic nitrogens is 2. The lowest BCUT2D eigenvalue weighted by molar-refractivity contribution is 0.601. The molecule has 0 fully saturated rings. The highest BCUT2D eigenvalue weighted by Crippen LogP contribution is 2.32. The first-order valence-corrected chi connectivity index (χ1v) is 11.7. The highest BCUT2D eigenvalue weighted by atomic mass is 32.2. The number of benzene rings is 2. The standard InChI is InChI=1S/C20H17N9O2S2/c21-18-16(27-25-13-4-2-1-3-5-13)12-17(19(22)24-18)28-26-14-6-8-15(9-7-14)33(30,31)29-20-23-10-11-32-20/h1-12H,(H,23,29)(H4,21,22,24). The molecule has 4 rings (SSSR count). The molecule has 11 nitrogen and oxygen atoms in total. The predicted molar refractivity (Wildman–Crippen MR) is 127 cm³/mol. The molecule has 33 heavy (non-hydrogen) atoms. The summed E-state index contributed by atoms with van der Waals surface area (Å²) in [5.41, 5.74) is 13.4. The third kappa shape index (κ3) is 5.53. The number of anilines is 3. The van der Waals surface area contributed by atoms with Crippen molar-refractivity contribution < 1.29 is 8.42 Å². The smallest absolute Gasteiger partial charge is 0.263 e. The molecule has 13 heteroatoms. The van der Waals surface area contributed by atoms with Crippen molar-refractivity contribution >= 4 is 60.9 Å². The molecule has 0 bridgehead atoms. The first-order chi connectivity index (χ1) is 15.9. The van der Waals surface area contributed by atoms with Gasteiger partial charge in [0.15, 0.2) is 16.8 Å². The maximum Gasteiger partial charge on any atom is 0.263 e. The topological polar surface area (TPSA) is 173 Å². The number of rotatable bonds is 7. The molecular weight excluding hydrogens is 462 g/mol. The summed E-state index contributed by atoms with van der Waals surface area (Å²) in [5.74, 6) is 0.176. The van der Waals surface area contributed by atoms with E-state index in [0.717, 1.165) is 0 Å². The van der Waals surface area contributed by atoms with Crippen molar-refractivity contribution in [1.82, 2.24) is 9.97 Å². The van der Waals surface area contributed by atoms with Gasteiger partial charge in [-0.2, -0.15) is 10.2 Å². The van der Waals surface area contributed by atoms with Crippen LogP contribution in [0.15, 0.2) is 97.6 Å². The lowest BCUT2D eigenvalue weighted by Crippen LogP contribution is -2.12. The number of hydrogen-bond acceptors (Lipinski definition) is 11. The molecule has 2 heterocycles. The summed E-state index contributed by atoms with van der Waals surface area (Å²) in [6.45, 7) is 0. The van der Waals surface area contributed by atoms with E-state index < -0.39 is 10.0 Å². The fourth-order valence-electron chi connectivity index (χ4n) is 2.54. The van der Waals surface area contributed by atoms with E-state index in [-0.39, 0.29) is 33.0 Å². The van der Waals surface area contributed by atoms with Crippen LogP contribution >= 0.6 is 11.3 Å². The number of thiazole rings is 1. The average Bonchev–Trinajstić information content (AvgIpc) is 3.31. The van der Waals surface area contributed by atoms with Gasteiger partial charge in [0.25, 0.3) is 10.0 Å². The molecule has 0 amide bonds. The molecule has 0 aliphatic rings. The molecule has 0 spiro atoms. The van der Waals surface area contributed by atoms with Gasteiger partial charge in [0.2, 0.25) is 0 Å². The molecule has 0 aliphatic heterocycles. The van der Waals surface area contributed by atoms with Crippen LogP contribution in [0.4, 0.5) is 39.5 Å². The number of sulfonamides is 1. The number of nitrogen functional groups attached to an aromatic ring is 2. The van der Waals surface area contributed by atoms with Crippen molar-refractivity contribution in [1.29, 1.82) is 0 Å². The highest BCUT2D eigenvalue weighted by molar-refractivity contribution is 7.93. The SMILES string of the molecule is Nc1nc(N)c(N=Nc2ccc(S(=O)(=O)Nc3nccs3)cc2)cc1N=Nc1ccccc1. The Kier molecular flexibility index (Phi) is 6.33. The summed E-state index contributed by atoms with van der Waals surface area (Å²) < 4.78 is 27.2. The van der Waals surface area contributed by atoms with E-state index in [9.17, 15) is 8.42 Å². The van der Waals surface area contributed by atoms with Crippen molar-refractivity contribution in [3.63, 3.8) is 0 Å². The van der Waals surface area contributed by atoms with Crippen molar-refractivity contribution in [2.24, 2.45) is 20.5 Å². The van der Waals surface area contributed by atoms with E-state index in [1.807, 2.05) is 18.2 Å². The van der Waals surface area contributed by atoms with Crippen LogP contribution in [0.1, 0.15) is 0 Å². The fourth-order valence-corrected chi connectivity index (χ4v) is 4.33. The molecule has 0 unspecified atom stereocenters. The van der Waals surface area contributed by atoms with Crippen LogP contribution in [0.3, 0.4) is 0 Å². The lowest BCUT2D eigenvalue weighted by atomic mass is 10.3. The van der Waals surface area contributed by atoms with Gasteiger partial charge >= 0.3 is 0 Å². The van der Waals surface area contributed by atoms with Crippen LogP contribution < -0.4 is 16.2 Å². The maximum atomic E-state index is 12.4. The third-order valence-corrected chi connectivity index (χ3v) is 6.32. The second-order valence-electron chi connectivity index (χ2n) is 6.47. The molecule has 5 N–H and O–H groups in total. The van der Waals surface area contributed by atoms with Crippen LogP contribution in [-0.2, 0) is 10.0 Å². The molecular formula is C20H17N9O2S2. The monoisotopic (exact) mass is 479 g/mol. The van der Waals surface area contributed by atoms with Crippen molar-refractivity contribution in [2.75, 3.05) is 16.2 Å². The molecule has 0 saturated carbocycles. The van der Waals surface area contributed by atoms with Crippen molar-refractivity contribution in [3.05, 3.63) is 72.2 Å². The minimum absolute atomic E-state index is 0.0638. The molecule has 2 aromatic heterocycles. The quantitative estimate of drug-likeness (QED) is 0.302. The molecule has 2 aromatic carbocycles. The minimum atomic E-state index is -3.75. The number of azo groups is 2. The zero-order valence-electron chi connectivity index (χ0n) is 16.9. The van der Waals surface area contributed by atoms with Gasteiger partial charge in [0.1, 0.15) is 11.4 Å². The average molecular weight is 480 g/mol. The molecule has 4 aromatic rings. The van der Waals surface area contributed by atoms with Gasteiger partial charge in [-0.05, 0) is 36.4 Å². The Morgan fingerprint density at radius 2 is 1.42 bits per heavy atom. The maximum absolute atomic E-state index is 12.4. The van der Waals surface area contributed by atoms with Gasteiger partial charge in [-0.25, -0.2) is 18.4 Å². The van der Waals surface area contributed by atoms with E-state index in [1.165, 1.54) is 47.9 Å². The van der Waals surface area contributed by atoms with Crippen molar-refractivity contribution in [2.45, 2.75) is 4.90 Å². The van der Waals surface area contributed by atoms with Crippen molar-refractivity contribution in [3.8, 4) is 0 Å². The normalized spacial score (nSPS) is 11.9. The summed E-state index contributed by atoms with van der Waals surface area (Å²) >= 11 is 1.18. The van der Waals surface area contributed by atoms with Crippen LogP contribution in [0.25, 0.3) is 0 Å².